The van der Waals surface area contributed by atoms with Crippen LogP contribution in [-0.4, -0.2) is 0 Å². The number of halogens is 1. The molecule has 1 nitrogen and oxygen atoms in total. The van der Waals surface area contributed by atoms with Crippen LogP contribution in [0.1, 0.15) is 4.88 Å². The zero-order valence-corrected chi connectivity index (χ0v) is 9.32. The van der Waals surface area contributed by atoms with E-state index >= 15 is 0 Å². The lowest BCUT2D eigenvalue weighted by Gasteiger charge is -2.01. The first-order chi connectivity index (χ1) is 6.66. The monoisotopic (exact) mass is 223 g/mol. The highest BCUT2D eigenvalue weighted by atomic mass is 35.5. The molecule has 2 rings (SSSR count). The smallest absolute Gasteiger partial charge is 0.0635 e. The molecular formula is C11H10ClNS. The normalized spacial score (nSPS) is 10.4. The highest BCUT2D eigenvalue weighted by Gasteiger charge is 2.02. The molecule has 14 heavy (non-hydrogen) atoms. The summed E-state index contributed by atoms with van der Waals surface area (Å²) < 4.78 is 0. The fourth-order valence-electron chi connectivity index (χ4n) is 1.32. The van der Waals surface area contributed by atoms with Crippen molar-refractivity contribution in [3.05, 3.63) is 39.5 Å². The SMILES string of the molecule is Cc1cc(-c2ccc(Cl)c(N)c2)cs1. The highest BCUT2D eigenvalue weighted by Crippen LogP contribution is 2.29. The van der Waals surface area contributed by atoms with Gasteiger partial charge < -0.3 is 5.73 Å². The molecule has 0 unspecified atom stereocenters. The van der Waals surface area contributed by atoms with Crippen molar-refractivity contribution in [3.8, 4) is 11.1 Å². The van der Waals surface area contributed by atoms with E-state index in [0.717, 1.165) is 5.56 Å². The molecule has 0 amide bonds. The number of benzene rings is 1. The highest BCUT2D eigenvalue weighted by molar-refractivity contribution is 7.10. The van der Waals surface area contributed by atoms with Gasteiger partial charge in [-0.1, -0.05) is 17.7 Å². The molecule has 72 valence electrons. The Morgan fingerprint density at radius 2 is 2.00 bits per heavy atom. The lowest BCUT2D eigenvalue weighted by atomic mass is 10.1. The Labute approximate surface area is 92.1 Å². The van der Waals surface area contributed by atoms with Gasteiger partial charge in [-0.25, -0.2) is 0 Å². The molecule has 0 bridgehead atoms. The molecule has 0 fully saturated rings. The van der Waals surface area contributed by atoms with E-state index in [-0.39, 0.29) is 0 Å². The van der Waals surface area contributed by atoms with Crippen molar-refractivity contribution in [1.29, 1.82) is 0 Å². The van der Waals surface area contributed by atoms with Gasteiger partial charge in [-0.15, -0.1) is 11.3 Å². The maximum atomic E-state index is 5.85. The van der Waals surface area contributed by atoms with Crippen LogP contribution in [0.15, 0.2) is 29.6 Å². The third-order valence-electron chi connectivity index (χ3n) is 2.06. The van der Waals surface area contributed by atoms with Gasteiger partial charge in [0.15, 0.2) is 0 Å². The summed E-state index contributed by atoms with van der Waals surface area (Å²) in [5, 5.41) is 2.73. The van der Waals surface area contributed by atoms with Crippen LogP contribution in [0.2, 0.25) is 5.02 Å². The minimum Gasteiger partial charge on any atom is -0.398 e. The van der Waals surface area contributed by atoms with E-state index in [1.54, 1.807) is 11.3 Å². The van der Waals surface area contributed by atoms with Gasteiger partial charge in [0.2, 0.25) is 0 Å². The average molecular weight is 224 g/mol. The largest absolute Gasteiger partial charge is 0.398 e. The summed E-state index contributed by atoms with van der Waals surface area (Å²) in [4.78, 5) is 1.30. The number of nitrogen functional groups attached to an aromatic ring is 1. The number of rotatable bonds is 1. The third-order valence-corrected chi connectivity index (χ3v) is 3.27. The molecule has 0 saturated carbocycles. The first kappa shape index (κ1) is 9.56. The van der Waals surface area contributed by atoms with Crippen LogP contribution >= 0.6 is 22.9 Å². The predicted octanol–water partition coefficient (Wildman–Crippen LogP) is 3.96. The van der Waals surface area contributed by atoms with Gasteiger partial charge in [0.25, 0.3) is 0 Å². The Bertz CT molecular complexity index is 462. The van der Waals surface area contributed by atoms with Gasteiger partial charge in [0, 0.05) is 4.88 Å². The molecule has 2 N–H and O–H groups in total. The minimum absolute atomic E-state index is 0.612. The van der Waals surface area contributed by atoms with E-state index < -0.39 is 0 Å². The van der Waals surface area contributed by atoms with Crippen LogP contribution < -0.4 is 5.73 Å². The van der Waals surface area contributed by atoms with Crippen LogP contribution in [0, 0.1) is 6.92 Å². The van der Waals surface area contributed by atoms with Crippen LogP contribution in [-0.2, 0) is 0 Å². The number of nitrogens with two attached hydrogens (primary N) is 1. The van der Waals surface area contributed by atoms with E-state index in [9.17, 15) is 0 Å². The Morgan fingerprint density at radius 1 is 1.21 bits per heavy atom. The van der Waals surface area contributed by atoms with E-state index in [1.165, 1.54) is 10.4 Å². The second kappa shape index (κ2) is 3.64. The molecule has 3 heteroatoms. The molecule has 1 heterocycles. The average Bonchev–Trinajstić information content (AvgIpc) is 2.57. The molecule has 0 aliphatic heterocycles. The van der Waals surface area contributed by atoms with Gasteiger partial charge in [0.1, 0.15) is 0 Å². The zero-order chi connectivity index (χ0) is 10.1. The summed E-state index contributed by atoms with van der Waals surface area (Å²) in [6, 6.07) is 7.87. The predicted molar refractivity (Wildman–Crippen MR) is 63.9 cm³/mol. The van der Waals surface area contributed by atoms with Gasteiger partial charge in [-0.05, 0) is 41.6 Å². The molecule has 0 saturated heterocycles. The van der Waals surface area contributed by atoms with Crippen molar-refractivity contribution >= 4 is 28.6 Å². The maximum absolute atomic E-state index is 5.85. The maximum Gasteiger partial charge on any atom is 0.0635 e. The fourth-order valence-corrected chi connectivity index (χ4v) is 2.15. The lowest BCUT2D eigenvalue weighted by Crippen LogP contribution is -1.86. The summed E-state index contributed by atoms with van der Waals surface area (Å²) in [7, 11) is 0. The summed E-state index contributed by atoms with van der Waals surface area (Å²) in [5.74, 6) is 0. The van der Waals surface area contributed by atoms with E-state index in [2.05, 4.69) is 18.4 Å². The summed E-state index contributed by atoms with van der Waals surface area (Å²) in [6.45, 7) is 2.09. The van der Waals surface area contributed by atoms with Crippen molar-refractivity contribution in [3.63, 3.8) is 0 Å². The fraction of sp³-hybridized carbons (Fsp3) is 0.0909. The molecule has 0 aliphatic rings. The molecule has 0 radical (unpaired) electrons. The summed E-state index contributed by atoms with van der Waals surface area (Å²) in [6.07, 6.45) is 0. The van der Waals surface area contributed by atoms with Crippen LogP contribution in [0.4, 0.5) is 5.69 Å². The summed E-state index contributed by atoms with van der Waals surface area (Å²) in [5.41, 5.74) is 8.69. The van der Waals surface area contributed by atoms with Crippen molar-refractivity contribution in [1.82, 2.24) is 0 Å². The number of hydrogen-bond acceptors (Lipinski definition) is 2. The van der Waals surface area contributed by atoms with Crippen molar-refractivity contribution in [2.75, 3.05) is 5.73 Å². The lowest BCUT2D eigenvalue weighted by molar-refractivity contribution is 1.61. The zero-order valence-electron chi connectivity index (χ0n) is 7.75. The minimum atomic E-state index is 0.612. The van der Waals surface area contributed by atoms with Crippen LogP contribution in [0.25, 0.3) is 11.1 Å². The Morgan fingerprint density at radius 3 is 2.57 bits per heavy atom. The molecule has 1 aromatic carbocycles. The third kappa shape index (κ3) is 1.76. The standard InChI is InChI=1S/C11H10ClNS/c1-7-4-9(6-14-7)8-2-3-10(12)11(13)5-8/h2-6H,13H2,1H3. The van der Waals surface area contributed by atoms with Crippen LogP contribution in [0.5, 0.6) is 0 Å². The molecule has 0 atom stereocenters. The number of aryl methyl sites for hydroxylation is 1. The molecule has 2 aromatic rings. The Balaban J connectivity index is 2.47. The van der Waals surface area contributed by atoms with E-state index in [0.29, 0.717) is 10.7 Å². The number of anilines is 1. The molecule has 1 aromatic heterocycles. The quantitative estimate of drug-likeness (QED) is 0.728. The Hall–Kier alpha value is -0.990. The number of hydrogen-bond donors (Lipinski definition) is 1. The van der Waals surface area contributed by atoms with E-state index in [4.69, 9.17) is 17.3 Å². The first-order valence-electron chi connectivity index (χ1n) is 4.27. The van der Waals surface area contributed by atoms with Crippen molar-refractivity contribution in [2.24, 2.45) is 0 Å². The molecule has 0 spiro atoms. The van der Waals surface area contributed by atoms with Gasteiger partial charge in [-0.3, -0.25) is 0 Å². The molecule has 0 aliphatic carbocycles. The van der Waals surface area contributed by atoms with Gasteiger partial charge >= 0.3 is 0 Å². The van der Waals surface area contributed by atoms with Crippen LogP contribution in [0.3, 0.4) is 0 Å². The van der Waals surface area contributed by atoms with E-state index in [1.807, 2.05) is 18.2 Å². The Kier molecular flexibility index (Phi) is 2.48. The van der Waals surface area contributed by atoms with Crippen molar-refractivity contribution < 1.29 is 0 Å². The van der Waals surface area contributed by atoms with Crippen molar-refractivity contribution in [2.45, 2.75) is 6.92 Å². The topological polar surface area (TPSA) is 26.0 Å². The number of thiophene rings is 1. The summed E-state index contributed by atoms with van der Waals surface area (Å²) >= 11 is 7.59. The molecular weight excluding hydrogens is 214 g/mol. The second-order valence-corrected chi connectivity index (χ2v) is 4.70. The second-order valence-electron chi connectivity index (χ2n) is 3.18. The van der Waals surface area contributed by atoms with Gasteiger partial charge in [-0.2, -0.15) is 0 Å². The first-order valence-corrected chi connectivity index (χ1v) is 5.53. The van der Waals surface area contributed by atoms with Gasteiger partial charge in [0.05, 0.1) is 10.7 Å².